The number of nitrogens with two attached hydrogens (primary N) is 1. The smallest absolute Gasteiger partial charge is 0.0221 e. The van der Waals surface area contributed by atoms with E-state index < -0.39 is 0 Å². The van der Waals surface area contributed by atoms with E-state index in [1.54, 1.807) is 0 Å². The van der Waals surface area contributed by atoms with Crippen LogP contribution >= 0.6 is 0 Å². The van der Waals surface area contributed by atoms with Crippen LogP contribution in [-0.2, 0) is 0 Å². The molecule has 1 fully saturated rings. The van der Waals surface area contributed by atoms with Crippen LogP contribution in [0.15, 0.2) is 0 Å². The standard InChI is InChI=1S/C9H20N2/c1-3-7(2)11-9-6-4-5-8(9)10/h7-9,11H,3-6,10H2,1-2H3. The van der Waals surface area contributed by atoms with Crippen LogP contribution in [0.4, 0.5) is 0 Å². The van der Waals surface area contributed by atoms with E-state index in [2.05, 4.69) is 19.2 Å². The Morgan fingerprint density at radius 3 is 2.73 bits per heavy atom. The molecular formula is C9H20N2. The van der Waals surface area contributed by atoms with E-state index in [1.165, 1.54) is 25.7 Å². The number of hydrogen-bond acceptors (Lipinski definition) is 2. The summed E-state index contributed by atoms with van der Waals surface area (Å²) in [6.45, 7) is 4.43. The van der Waals surface area contributed by atoms with Gasteiger partial charge in [-0.3, -0.25) is 0 Å². The number of nitrogens with one attached hydrogen (secondary N) is 1. The Morgan fingerprint density at radius 2 is 2.27 bits per heavy atom. The average molecular weight is 156 g/mol. The molecule has 0 radical (unpaired) electrons. The minimum Gasteiger partial charge on any atom is -0.326 e. The van der Waals surface area contributed by atoms with Gasteiger partial charge in [-0.05, 0) is 26.2 Å². The Bertz CT molecular complexity index is 114. The zero-order valence-corrected chi connectivity index (χ0v) is 7.64. The molecule has 3 unspecified atom stereocenters. The first-order valence-electron chi connectivity index (χ1n) is 4.75. The van der Waals surface area contributed by atoms with Crippen LogP contribution in [0.2, 0.25) is 0 Å². The molecule has 2 nitrogen and oxygen atoms in total. The molecule has 11 heavy (non-hydrogen) atoms. The molecule has 0 saturated heterocycles. The minimum absolute atomic E-state index is 0.406. The fraction of sp³-hybridized carbons (Fsp3) is 1.00. The van der Waals surface area contributed by atoms with Crippen molar-refractivity contribution in [2.45, 2.75) is 57.7 Å². The van der Waals surface area contributed by atoms with Crippen molar-refractivity contribution in [3.63, 3.8) is 0 Å². The molecule has 1 aliphatic carbocycles. The van der Waals surface area contributed by atoms with Gasteiger partial charge in [0.2, 0.25) is 0 Å². The average Bonchev–Trinajstić information content (AvgIpc) is 2.37. The Labute approximate surface area is 69.5 Å². The molecule has 1 saturated carbocycles. The summed E-state index contributed by atoms with van der Waals surface area (Å²) in [5.74, 6) is 0. The van der Waals surface area contributed by atoms with Crippen LogP contribution in [-0.4, -0.2) is 18.1 Å². The third-order valence-electron chi connectivity index (χ3n) is 2.68. The van der Waals surface area contributed by atoms with Crippen LogP contribution in [0.3, 0.4) is 0 Å². The summed E-state index contributed by atoms with van der Waals surface area (Å²) in [7, 11) is 0. The molecule has 1 aliphatic rings. The van der Waals surface area contributed by atoms with Gasteiger partial charge in [-0.1, -0.05) is 13.3 Å². The fourth-order valence-corrected chi connectivity index (χ4v) is 1.68. The van der Waals surface area contributed by atoms with Gasteiger partial charge in [0.15, 0.2) is 0 Å². The topological polar surface area (TPSA) is 38.0 Å². The Balaban J connectivity index is 2.24. The SMILES string of the molecule is CCC(C)NC1CCCC1N. The Hall–Kier alpha value is -0.0800. The maximum absolute atomic E-state index is 5.92. The Morgan fingerprint density at radius 1 is 1.55 bits per heavy atom. The third kappa shape index (κ3) is 2.46. The molecule has 0 amide bonds. The van der Waals surface area contributed by atoms with Crippen molar-refractivity contribution >= 4 is 0 Å². The monoisotopic (exact) mass is 156 g/mol. The van der Waals surface area contributed by atoms with Gasteiger partial charge in [-0.15, -0.1) is 0 Å². The predicted octanol–water partition coefficient (Wildman–Crippen LogP) is 1.25. The lowest BCUT2D eigenvalue weighted by molar-refractivity contribution is 0.413. The molecular weight excluding hydrogens is 136 g/mol. The number of hydrogen-bond donors (Lipinski definition) is 2. The summed E-state index contributed by atoms with van der Waals surface area (Å²) in [5.41, 5.74) is 5.92. The van der Waals surface area contributed by atoms with Crippen LogP contribution < -0.4 is 11.1 Å². The van der Waals surface area contributed by atoms with E-state index >= 15 is 0 Å². The Kier molecular flexibility index (Phi) is 3.34. The fourth-order valence-electron chi connectivity index (χ4n) is 1.68. The highest BCUT2D eigenvalue weighted by atomic mass is 15.0. The third-order valence-corrected chi connectivity index (χ3v) is 2.68. The molecule has 0 aliphatic heterocycles. The summed E-state index contributed by atoms with van der Waals surface area (Å²) in [6.07, 6.45) is 4.97. The van der Waals surface area contributed by atoms with E-state index in [1.807, 2.05) is 0 Å². The van der Waals surface area contributed by atoms with Gasteiger partial charge in [0.05, 0.1) is 0 Å². The summed E-state index contributed by atoms with van der Waals surface area (Å²) < 4.78 is 0. The maximum atomic E-state index is 5.92. The van der Waals surface area contributed by atoms with Gasteiger partial charge in [-0.25, -0.2) is 0 Å². The highest BCUT2D eigenvalue weighted by Gasteiger charge is 2.23. The van der Waals surface area contributed by atoms with Gasteiger partial charge in [0.1, 0.15) is 0 Å². The van der Waals surface area contributed by atoms with Gasteiger partial charge in [-0.2, -0.15) is 0 Å². The van der Waals surface area contributed by atoms with Crippen molar-refractivity contribution in [2.75, 3.05) is 0 Å². The molecule has 0 aromatic rings. The quantitative estimate of drug-likeness (QED) is 0.645. The molecule has 0 aromatic carbocycles. The molecule has 0 bridgehead atoms. The summed E-state index contributed by atoms with van der Waals surface area (Å²) in [5, 5.41) is 3.55. The van der Waals surface area contributed by atoms with E-state index in [0.717, 1.165) is 0 Å². The molecule has 3 N–H and O–H groups in total. The second-order valence-electron chi connectivity index (χ2n) is 3.68. The lowest BCUT2D eigenvalue weighted by Gasteiger charge is -2.21. The first kappa shape index (κ1) is 9.01. The van der Waals surface area contributed by atoms with Crippen LogP contribution in [0.1, 0.15) is 39.5 Å². The second kappa shape index (κ2) is 4.07. The molecule has 1 rings (SSSR count). The van der Waals surface area contributed by atoms with Crippen molar-refractivity contribution in [3.8, 4) is 0 Å². The summed E-state index contributed by atoms with van der Waals surface area (Å²) in [4.78, 5) is 0. The molecule has 0 heterocycles. The number of rotatable bonds is 3. The van der Waals surface area contributed by atoms with E-state index in [9.17, 15) is 0 Å². The van der Waals surface area contributed by atoms with E-state index in [0.29, 0.717) is 18.1 Å². The van der Waals surface area contributed by atoms with E-state index in [-0.39, 0.29) is 0 Å². The van der Waals surface area contributed by atoms with Crippen molar-refractivity contribution < 1.29 is 0 Å². The van der Waals surface area contributed by atoms with Crippen LogP contribution in [0.25, 0.3) is 0 Å². The summed E-state index contributed by atoms with van der Waals surface area (Å²) in [6, 6.07) is 1.62. The second-order valence-corrected chi connectivity index (χ2v) is 3.68. The van der Waals surface area contributed by atoms with Crippen molar-refractivity contribution in [3.05, 3.63) is 0 Å². The maximum Gasteiger partial charge on any atom is 0.0221 e. The van der Waals surface area contributed by atoms with Gasteiger partial charge < -0.3 is 11.1 Å². The molecule has 0 spiro atoms. The molecule has 2 heteroatoms. The van der Waals surface area contributed by atoms with Gasteiger partial charge >= 0.3 is 0 Å². The molecule has 3 atom stereocenters. The zero-order chi connectivity index (χ0) is 8.27. The summed E-state index contributed by atoms with van der Waals surface area (Å²) >= 11 is 0. The zero-order valence-electron chi connectivity index (χ0n) is 7.64. The van der Waals surface area contributed by atoms with Crippen LogP contribution in [0, 0.1) is 0 Å². The molecule has 0 aromatic heterocycles. The van der Waals surface area contributed by atoms with Crippen LogP contribution in [0.5, 0.6) is 0 Å². The first-order valence-corrected chi connectivity index (χ1v) is 4.75. The predicted molar refractivity (Wildman–Crippen MR) is 48.5 cm³/mol. The van der Waals surface area contributed by atoms with Gasteiger partial charge in [0.25, 0.3) is 0 Å². The minimum atomic E-state index is 0.406. The van der Waals surface area contributed by atoms with Gasteiger partial charge in [0, 0.05) is 18.1 Å². The highest BCUT2D eigenvalue weighted by molar-refractivity contribution is 4.87. The van der Waals surface area contributed by atoms with Crippen molar-refractivity contribution in [2.24, 2.45) is 5.73 Å². The first-order chi connectivity index (χ1) is 5.24. The normalized spacial score (nSPS) is 34.1. The molecule has 66 valence electrons. The largest absolute Gasteiger partial charge is 0.326 e. The van der Waals surface area contributed by atoms with Crippen molar-refractivity contribution in [1.29, 1.82) is 0 Å². The van der Waals surface area contributed by atoms with Crippen molar-refractivity contribution in [1.82, 2.24) is 5.32 Å². The lowest BCUT2D eigenvalue weighted by Crippen LogP contribution is -2.44. The highest BCUT2D eigenvalue weighted by Crippen LogP contribution is 2.17. The van der Waals surface area contributed by atoms with E-state index in [4.69, 9.17) is 5.73 Å². The lowest BCUT2D eigenvalue weighted by atomic mass is 10.1.